The van der Waals surface area contributed by atoms with Crippen LogP contribution in [0.15, 0.2) is 30.3 Å². The van der Waals surface area contributed by atoms with E-state index < -0.39 is 58.3 Å². The molecule has 0 heterocycles. The van der Waals surface area contributed by atoms with Crippen LogP contribution in [0, 0.1) is 23.7 Å². The summed E-state index contributed by atoms with van der Waals surface area (Å²) in [4.78, 5) is 69.2. The van der Waals surface area contributed by atoms with Crippen molar-refractivity contribution in [2.24, 2.45) is 29.4 Å². The SMILES string of the molecule is CN(C)Cc1ccc(-c2cc(N(C)C)c3c(c2O)C(=O)C2C(=O)[C@]4(O)C(=O)C(C(N)=O)C(=O)C[C@@H]4C[C@@H]2C3)cc1. The fourth-order valence-electron chi connectivity index (χ4n) is 6.79. The Morgan fingerprint density at radius 2 is 1.68 bits per heavy atom. The molecule has 3 aliphatic rings. The summed E-state index contributed by atoms with van der Waals surface area (Å²) in [5.74, 6) is -10.2. The number of phenols is 1. The van der Waals surface area contributed by atoms with Crippen LogP contribution in [0.2, 0.25) is 0 Å². The second-order valence-electron chi connectivity index (χ2n) is 11.7. The number of nitrogens with zero attached hydrogens (tertiary/aromatic N) is 2. The molecule has 0 saturated heterocycles. The summed E-state index contributed by atoms with van der Waals surface area (Å²) in [5, 5.41) is 22.9. The van der Waals surface area contributed by atoms with Gasteiger partial charge in [0.1, 0.15) is 5.75 Å². The van der Waals surface area contributed by atoms with Crippen LogP contribution in [0.25, 0.3) is 11.1 Å². The standard InChI is InChI=1S/C30H33N3O7/c1-32(2)13-14-5-7-15(8-6-14)18-12-20(33(3)4)19-10-16-9-17-11-21(34)24(29(31)39)28(38)30(17,40)27(37)22(16)26(36)23(19)25(18)35/h5-8,12,16-17,22,24,35,40H,9-11,13H2,1-4H3,(H2,31,39)/t16-,17+,22?,24?,30+/m1/s1. The molecule has 10 heteroatoms. The lowest BCUT2D eigenvalue weighted by Gasteiger charge is -2.48. The van der Waals surface area contributed by atoms with E-state index in [0.717, 1.165) is 12.1 Å². The Balaban J connectivity index is 1.61. The van der Waals surface area contributed by atoms with Gasteiger partial charge < -0.3 is 25.7 Å². The van der Waals surface area contributed by atoms with Crippen LogP contribution in [-0.4, -0.2) is 77.9 Å². The Morgan fingerprint density at radius 3 is 2.25 bits per heavy atom. The van der Waals surface area contributed by atoms with E-state index in [1.807, 2.05) is 68.3 Å². The van der Waals surface area contributed by atoms with Crippen LogP contribution in [0.1, 0.15) is 34.3 Å². The van der Waals surface area contributed by atoms with Crippen molar-refractivity contribution < 1.29 is 34.2 Å². The number of amides is 1. The molecule has 210 valence electrons. The van der Waals surface area contributed by atoms with E-state index in [4.69, 9.17) is 5.73 Å². The quantitative estimate of drug-likeness (QED) is 0.467. The molecule has 2 saturated carbocycles. The molecule has 0 aliphatic heterocycles. The first-order valence-electron chi connectivity index (χ1n) is 13.2. The number of nitrogens with two attached hydrogens (primary N) is 1. The molecule has 5 rings (SSSR count). The third kappa shape index (κ3) is 4.05. The molecule has 4 N–H and O–H groups in total. The number of Topliss-reactive ketones (excluding diaryl/α,β-unsaturated/α-hetero) is 4. The van der Waals surface area contributed by atoms with E-state index in [1.54, 1.807) is 0 Å². The number of benzene rings is 2. The van der Waals surface area contributed by atoms with E-state index in [9.17, 15) is 34.2 Å². The maximum Gasteiger partial charge on any atom is 0.235 e. The molecule has 2 aromatic carbocycles. The van der Waals surface area contributed by atoms with Crippen molar-refractivity contribution in [2.75, 3.05) is 33.1 Å². The summed E-state index contributed by atoms with van der Waals surface area (Å²) < 4.78 is 0. The lowest BCUT2D eigenvalue weighted by atomic mass is 9.53. The number of fused-ring (bicyclic) bond motifs is 3. The highest BCUT2D eigenvalue weighted by Gasteiger charge is 2.66. The van der Waals surface area contributed by atoms with Gasteiger partial charge in [0.15, 0.2) is 34.7 Å². The largest absolute Gasteiger partial charge is 0.507 e. The van der Waals surface area contributed by atoms with Crippen molar-refractivity contribution >= 4 is 34.7 Å². The first-order valence-corrected chi connectivity index (χ1v) is 13.2. The number of primary amides is 1. The van der Waals surface area contributed by atoms with E-state index in [2.05, 4.69) is 0 Å². The predicted octanol–water partition coefficient (Wildman–Crippen LogP) is 1.12. The van der Waals surface area contributed by atoms with Crippen LogP contribution in [0.5, 0.6) is 5.75 Å². The van der Waals surface area contributed by atoms with Gasteiger partial charge in [-0.3, -0.25) is 24.0 Å². The van der Waals surface area contributed by atoms with Crippen molar-refractivity contribution in [3.63, 3.8) is 0 Å². The van der Waals surface area contributed by atoms with Crippen molar-refractivity contribution in [3.05, 3.63) is 47.0 Å². The molecule has 2 fully saturated rings. The van der Waals surface area contributed by atoms with Crippen LogP contribution < -0.4 is 10.6 Å². The van der Waals surface area contributed by atoms with Gasteiger partial charge in [0.2, 0.25) is 5.91 Å². The number of aromatic hydroxyl groups is 1. The van der Waals surface area contributed by atoms with Crippen molar-refractivity contribution in [1.82, 2.24) is 4.90 Å². The first-order chi connectivity index (χ1) is 18.8. The second kappa shape index (κ2) is 9.64. The van der Waals surface area contributed by atoms with Gasteiger partial charge in [0, 0.05) is 44.2 Å². The maximum absolute atomic E-state index is 14.0. The molecule has 5 atom stereocenters. The number of carbonyl (C=O) groups excluding carboxylic acids is 5. The zero-order valence-electron chi connectivity index (χ0n) is 22.9. The van der Waals surface area contributed by atoms with Crippen molar-refractivity contribution in [3.8, 4) is 16.9 Å². The molecular formula is C30H33N3O7. The van der Waals surface area contributed by atoms with Crippen LogP contribution >= 0.6 is 0 Å². The minimum absolute atomic E-state index is 0.0130. The molecule has 0 radical (unpaired) electrons. The molecule has 0 aromatic heterocycles. The molecule has 40 heavy (non-hydrogen) atoms. The number of hydrogen-bond donors (Lipinski definition) is 3. The van der Waals surface area contributed by atoms with Gasteiger partial charge in [-0.25, -0.2) is 0 Å². The minimum Gasteiger partial charge on any atom is -0.507 e. The van der Waals surface area contributed by atoms with Gasteiger partial charge in [0.05, 0.1) is 11.5 Å². The average Bonchev–Trinajstić information content (AvgIpc) is 2.86. The predicted molar refractivity (Wildman–Crippen MR) is 146 cm³/mol. The van der Waals surface area contributed by atoms with Gasteiger partial charge in [-0.2, -0.15) is 0 Å². The van der Waals surface area contributed by atoms with E-state index >= 15 is 0 Å². The van der Waals surface area contributed by atoms with Gasteiger partial charge in [-0.15, -0.1) is 0 Å². The number of carbonyl (C=O) groups is 5. The summed E-state index contributed by atoms with van der Waals surface area (Å²) in [6.07, 6.45) is -0.0705. The summed E-state index contributed by atoms with van der Waals surface area (Å²) in [7, 11) is 7.56. The lowest BCUT2D eigenvalue weighted by Crippen LogP contribution is -2.68. The zero-order valence-corrected chi connectivity index (χ0v) is 22.9. The van der Waals surface area contributed by atoms with E-state index in [0.29, 0.717) is 22.4 Å². The lowest BCUT2D eigenvalue weighted by molar-refractivity contribution is -0.175. The Labute approximate surface area is 231 Å². The fourth-order valence-corrected chi connectivity index (χ4v) is 6.79. The third-order valence-electron chi connectivity index (χ3n) is 8.62. The summed E-state index contributed by atoms with van der Waals surface area (Å²) in [6, 6.07) is 9.40. The first kappa shape index (κ1) is 27.7. The zero-order chi connectivity index (χ0) is 29.3. The Hall–Kier alpha value is -3.89. The summed E-state index contributed by atoms with van der Waals surface area (Å²) >= 11 is 0. The van der Waals surface area contributed by atoms with Gasteiger partial charge >= 0.3 is 0 Å². The van der Waals surface area contributed by atoms with E-state index in [1.165, 1.54) is 0 Å². The summed E-state index contributed by atoms with van der Waals surface area (Å²) in [6.45, 7) is 0.730. The Bertz CT molecular complexity index is 1460. The Morgan fingerprint density at radius 1 is 1.02 bits per heavy atom. The number of ketones is 4. The highest BCUT2D eigenvalue weighted by molar-refractivity contribution is 6.31. The highest BCUT2D eigenvalue weighted by Crippen LogP contribution is 2.52. The van der Waals surface area contributed by atoms with E-state index in [-0.39, 0.29) is 30.6 Å². The number of hydrogen-bond acceptors (Lipinski definition) is 9. The maximum atomic E-state index is 14.0. The molecule has 3 aliphatic carbocycles. The topological polar surface area (TPSA) is 158 Å². The van der Waals surface area contributed by atoms with Crippen molar-refractivity contribution in [1.29, 1.82) is 0 Å². The number of anilines is 1. The average molecular weight is 548 g/mol. The Kier molecular flexibility index (Phi) is 6.67. The number of phenolic OH excluding ortho intramolecular Hbond substituents is 1. The normalized spacial score (nSPS) is 27.8. The molecular weight excluding hydrogens is 514 g/mol. The monoisotopic (exact) mass is 547 g/mol. The van der Waals surface area contributed by atoms with Crippen LogP contribution in [0.3, 0.4) is 0 Å². The third-order valence-corrected chi connectivity index (χ3v) is 8.62. The molecule has 0 spiro atoms. The molecule has 10 nitrogen and oxygen atoms in total. The van der Waals surface area contributed by atoms with Gasteiger partial charge in [0.25, 0.3) is 0 Å². The highest BCUT2D eigenvalue weighted by atomic mass is 16.3. The molecule has 2 aromatic rings. The number of rotatable bonds is 5. The van der Waals surface area contributed by atoms with Crippen LogP contribution in [-0.2, 0) is 32.1 Å². The van der Waals surface area contributed by atoms with Gasteiger partial charge in [-0.05, 0) is 55.6 Å². The fraction of sp³-hybridized carbons (Fsp3) is 0.433. The molecule has 1 amide bonds. The second-order valence-corrected chi connectivity index (χ2v) is 11.7. The smallest absolute Gasteiger partial charge is 0.235 e. The number of aliphatic hydroxyl groups is 1. The molecule has 2 unspecified atom stereocenters. The van der Waals surface area contributed by atoms with Gasteiger partial charge in [-0.1, -0.05) is 24.3 Å². The minimum atomic E-state index is -2.66. The molecule has 0 bridgehead atoms. The van der Waals surface area contributed by atoms with Crippen LogP contribution in [0.4, 0.5) is 5.69 Å². The van der Waals surface area contributed by atoms with Crippen molar-refractivity contribution in [2.45, 2.75) is 31.4 Å². The summed E-state index contributed by atoms with van der Waals surface area (Å²) in [5.41, 5.74) is 6.01.